The minimum atomic E-state index is -4.96. The number of aliphatic hydroxyl groups is 1. The topological polar surface area (TPSA) is 237 Å². The van der Waals surface area contributed by atoms with E-state index in [1.807, 2.05) is 0 Å². The van der Waals surface area contributed by atoms with E-state index >= 15 is 0 Å². The molecule has 2 unspecified atom stereocenters. The van der Waals surface area contributed by atoms with E-state index in [2.05, 4.69) is 41.5 Å². The summed E-state index contributed by atoms with van der Waals surface area (Å²) in [5.74, 6) is -0.589. The third-order valence-corrected chi connectivity index (χ3v) is 19.9. The number of rotatable bonds is 76. The van der Waals surface area contributed by atoms with Crippen LogP contribution in [0.1, 0.15) is 401 Å². The molecular formula is C77H150O17P2. The molecule has 0 saturated carbocycles. The maximum atomic E-state index is 13.1. The monoisotopic (exact) mass is 1410 g/mol. The fourth-order valence-corrected chi connectivity index (χ4v) is 13.4. The van der Waals surface area contributed by atoms with Crippen molar-refractivity contribution in [3.05, 3.63) is 0 Å². The van der Waals surface area contributed by atoms with Crippen LogP contribution in [0.5, 0.6) is 0 Å². The van der Waals surface area contributed by atoms with Crippen LogP contribution in [0.3, 0.4) is 0 Å². The molecule has 0 spiro atoms. The second kappa shape index (κ2) is 68.8. The van der Waals surface area contributed by atoms with E-state index in [1.54, 1.807) is 0 Å². The molecular weight excluding hydrogens is 1260 g/mol. The summed E-state index contributed by atoms with van der Waals surface area (Å²) in [7, 11) is -9.91. The summed E-state index contributed by atoms with van der Waals surface area (Å²) < 4.78 is 68.5. The van der Waals surface area contributed by atoms with Crippen molar-refractivity contribution < 1.29 is 80.2 Å². The number of hydrogen-bond acceptors (Lipinski definition) is 15. The molecule has 0 aliphatic carbocycles. The standard InChI is InChI=1S/C77H150O17P2/c1-7-9-11-13-15-17-19-20-28-32-35-41-47-53-59-74(79)87-65-72(93-77(82)62-56-50-43-37-33-29-26-24-22-21-23-25-27-31-34-39-45-51-57-69(3)4)67-91-95(83,84)89-63-71(78)64-90-96(85,86)92-68-73(66-88-75(80)60-54-48-44-38-40-46-52-58-70(5)6)94-76(81)61-55-49-42-36-30-18-16-14-12-10-8-2/h69-73,78H,7-68H2,1-6H3,(H,83,84)(H,85,86)/t71-,72-,73-/m1/s1. The van der Waals surface area contributed by atoms with Gasteiger partial charge in [0, 0.05) is 25.7 Å². The van der Waals surface area contributed by atoms with Gasteiger partial charge in [0.15, 0.2) is 12.2 Å². The van der Waals surface area contributed by atoms with E-state index in [1.165, 1.54) is 212 Å². The Hall–Kier alpha value is -1.94. The predicted molar refractivity (Wildman–Crippen MR) is 391 cm³/mol. The van der Waals surface area contributed by atoms with Gasteiger partial charge in [0.05, 0.1) is 26.4 Å². The summed E-state index contributed by atoms with van der Waals surface area (Å²) in [6.45, 7) is 9.58. The second-order valence-corrected chi connectivity index (χ2v) is 31.6. The van der Waals surface area contributed by atoms with Crippen molar-refractivity contribution in [3.63, 3.8) is 0 Å². The molecule has 19 heteroatoms. The van der Waals surface area contributed by atoms with Crippen molar-refractivity contribution in [2.45, 2.75) is 419 Å². The van der Waals surface area contributed by atoms with Crippen LogP contribution in [0.15, 0.2) is 0 Å². The molecule has 0 bridgehead atoms. The molecule has 570 valence electrons. The highest BCUT2D eigenvalue weighted by Crippen LogP contribution is 2.45. The first-order chi connectivity index (χ1) is 46.4. The van der Waals surface area contributed by atoms with Crippen LogP contribution in [0.2, 0.25) is 0 Å². The molecule has 0 aromatic rings. The third-order valence-electron chi connectivity index (χ3n) is 18.0. The summed E-state index contributed by atoms with van der Waals surface area (Å²) in [6, 6.07) is 0. The van der Waals surface area contributed by atoms with E-state index in [0.717, 1.165) is 102 Å². The minimum absolute atomic E-state index is 0.106. The Kier molecular flexibility index (Phi) is 67.4. The Bertz CT molecular complexity index is 1860. The van der Waals surface area contributed by atoms with E-state index in [4.69, 9.17) is 37.0 Å². The van der Waals surface area contributed by atoms with Gasteiger partial charge in [-0.1, -0.05) is 350 Å². The Morgan fingerprint density at radius 3 is 0.708 bits per heavy atom. The zero-order valence-corrected chi connectivity index (χ0v) is 64.5. The molecule has 0 aliphatic heterocycles. The van der Waals surface area contributed by atoms with Gasteiger partial charge in [-0.05, 0) is 37.5 Å². The molecule has 0 aliphatic rings. The number of unbranched alkanes of at least 4 members (excludes halogenated alkanes) is 46. The first-order valence-corrected chi connectivity index (χ1v) is 43.0. The van der Waals surface area contributed by atoms with Crippen molar-refractivity contribution in [2.75, 3.05) is 39.6 Å². The SMILES string of the molecule is CCCCCCCCCCCCCCCCC(=O)OC[C@H](COP(=O)(O)OC[C@@H](O)COP(=O)(O)OC[C@@H](COC(=O)CCCCCCCCCC(C)C)OC(=O)CCCCCCCCCCCCC)OC(=O)CCCCCCCCCCCCCCCCCCCCC(C)C. The van der Waals surface area contributed by atoms with Gasteiger partial charge in [0.25, 0.3) is 0 Å². The van der Waals surface area contributed by atoms with Crippen LogP contribution in [0.25, 0.3) is 0 Å². The summed E-state index contributed by atoms with van der Waals surface area (Å²) in [5, 5.41) is 10.6. The molecule has 0 aromatic carbocycles. The molecule has 0 radical (unpaired) electrons. The van der Waals surface area contributed by atoms with Gasteiger partial charge in [0.2, 0.25) is 0 Å². The first-order valence-electron chi connectivity index (χ1n) is 40.0. The van der Waals surface area contributed by atoms with Gasteiger partial charge in [0.1, 0.15) is 19.3 Å². The molecule has 0 fully saturated rings. The van der Waals surface area contributed by atoms with E-state index in [0.29, 0.717) is 31.6 Å². The number of hydrogen-bond donors (Lipinski definition) is 3. The first kappa shape index (κ1) is 94.1. The fraction of sp³-hybridized carbons (Fsp3) is 0.948. The molecule has 0 saturated heterocycles. The molecule has 0 amide bonds. The summed E-state index contributed by atoms with van der Waals surface area (Å²) in [4.78, 5) is 72.8. The van der Waals surface area contributed by atoms with E-state index < -0.39 is 97.5 Å². The highest BCUT2D eigenvalue weighted by Gasteiger charge is 2.30. The second-order valence-electron chi connectivity index (χ2n) is 28.7. The Morgan fingerprint density at radius 2 is 0.479 bits per heavy atom. The number of phosphoric acid groups is 2. The average Bonchev–Trinajstić information content (AvgIpc) is 1.37. The van der Waals surface area contributed by atoms with Crippen LogP contribution in [-0.4, -0.2) is 96.7 Å². The lowest BCUT2D eigenvalue weighted by molar-refractivity contribution is -0.161. The summed E-state index contributed by atoms with van der Waals surface area (Å²) >= 11 is 0. The lowest BCUT2D eigenvalue weighted by atomic mass is 10.0. The van der Waals surface area contributed by atoms with Crippen molar-refractivity contribution in [1.29, 1.82) is 0 Å². The Morgan fingerprint density at radius 1 is 0.281 bits per heavy atom. The molecule has 5 atom stereocenters. The van der Waals surface area contributed by atoms with Crippen LogP contribution in [0, 0.1) is 11.8 Å². The van der Waals surface area contributed by atoms with Gasteiger partial charge >= 0.3 is 39.5 Å². The van der Waals surface area contributed by atoms with Gasteiger partial charge < -0.3 is 33.8 Å². The molecule has 96 heavy (non-hydrogen) atoms. The van der Waals surface area contributed by atoms with Gasteiger partial charge in [-0.3, -0.25) is 37.3 Å². The zero-order valence-electron chi connectivity index (χ0n) is 62.7. The molecule has 0 heterocycles. The zero-order chi connectivity index (χ0) is 70.7. The smallest absolute Gasteiger partial charge is 0.462 e. The Labute approximate surface area is 588 Å². The quantitative estimate of drug-likeness (QED) is 0.0222. The lowest BCUT2D eigenvalue weighted by Gasteiger charge is -2.21. The number of phosphoric ester groups is 2. The van der Waals surface area contributed by atoms with Crippen molar-refractivity contribution in [1.82, 2.24) is 0 Å². The number of carbonyl (C=O) groups is 4. The van der Waals surface area contributed by atoms with Crippen LogP contribution >= 0.6 is 15.6 Å². The highest BCUT2D eigenvalue weighted by molar-refractivity contribution is 7.47. The van der Waals surface area contributed by atoms with Gasteiger partial charge in [-0.15, -0.1) is 0 Å². The number of carbonyl (C=O) groups excluding carboxylic acids is 4. The molecule has 17 nitrogen and oxygen atoms in total. The van der Waals surface area contributed by atoms with Crippen molar-refractivity contribution in [3.8, 4) is 0 Å². The average molecular weight is 1410 g/mol. The normalized spacial score (nSPS) is 14.0. The predicted octanol–water partition coefficient (Wildman–Crippen LogP) is 22.7. The van der Waals surface area contributed by atoms with Crippen LogP contribution in [0.4, 0.5) is 0 Å². The highest BCUT2D eigenvalue weighted by atomic mass is 31.2. The molecule has 3 N–H and O–H groups in total. The number of esters is 4. The van der Waals surface area contributed by atoms with Crippen LogP contribution in [-0.2, 0) is 65.4 Å². The number of ether oxygens (including phenoxy) is 4. The molecule has 0 rings (SSSR count). The summed E-state index contributed by atoms with van der Waals surface area (Å²) in [6.07, 6.45) is 57.0. The van der Waals surface area contributed by atoms with Crippen molar-refractivity contribution in [2.24, 2.45) is 11.8 Å². The van der Waals surface area contributed by atoms with Gasteiger partial charge in [-0.2, -0.15) is 0 Å². The minimum Gasteiger partial charge on any atom is -0.462 e. The van der Waals surface area contributed by atoms with Gasteiger partial charge in [-0.25, -0.2) is 9.13 Å². The molecule has 0 aromatic heterocycles. The fourth-order valence-electron chi connectivity index (χ4n) is 11.8. The third kappa shape index (κ3) is 70.5. The summed E-state index contributed by atoms with van der Waals surface area (Å²) in [5.41, 5.74) is 0. The largest absolute Gasteiger partial charge is 0.472 e. The maximum absolute atomic E-state index is 13.1. The number of aliphatic hydroxyl groups excluding tert-OH is 1. The van der Waals surface area contributed by atoms with E-state index in [9.17, 15) is 43.2 Å². The maximum Gasteiger partial charge on any atom is 0.472 e. The Balaban J connectivity index is 5.20. The van der Waals surface area contributed by atoms with E-state index in [-0.39, 0.29) is 25.7 Å². The van der Waals surface area contributed by atoms with Crippen LogP contribution < -0.4 is 0 Å². The van der Waals surface area contributed by atoms with Crippen molar-refractivity contribution >= 4 is 39.5 Å². The lowest BCUT2D eigenvalue weighted by Crippen LogP contribution is -2.30.